The van der Waals surface area contributed by atoms with Crippen LogP contribution in [0.3, 0.4) is 0 Å². The average Bonchev–Trinajstić information content (AvgIpc) is 2.44. The molecule has 0 radical (unpaired) electrons. The minimum Gasteiger partial charge on any atom is -0.390 e. The Hall–Kier alpha value is -0.870. The molecule has 0 bridgehead atoms. The van der Waals surface area contributed by atoms with Crippen LogP contribution in [0.2, 0.25) is 0 Å². The van der Waals surface area contributed by atoms with Gasteiger partial charge in [-0.25, -0.2) is 0 Å². The monoisotopic (exact) mass is 140 g/mol. The topological polar surface area (TPSA) is 58.3 Å². The van der Waals surface area contributed by atoms with Crippen LogP contribution in [0.4, 0.5) is 0 Å². The Balaban J connectivity index is 2.44. The highest BCUT2D eigenvalue weighted by Crippen LogP contribution is 2.18. The molecule has 2 rings (SSSR count). The SMILES string of the molecule is OCc1noc2c1CNC2. The van der Waals surface area contributed by atoms with E-state index in [1.165, 1.54) is 0 Å². The maximum absolute atomic E-state index is 8.74. The summed E-state index contributed by atoms with van der Waals surface area (Å²) in [5.74, 6) is 0.865. The highest BCUT2D eigenvalue weighted by molar-refractivity contribution is 5.25. The second-order valence-electron chi connectivity index (χ2n) is 2.29. The van der Waals surface area contributed by atoms with E-state index >= 15 is 0 Å². The van der Waals surface area contributed by atoms with E-state index in [2.05, 4.69) is 10.5 Å². The number of rotatable bonds is 1. The van der Waals surface area contributed by atoms with Crippen molar-refractivity contribution in [2.45, 2.75) is 19.7 Å². The minimum atomic E-state index is -0.0273. The molecule has 0 atom stereocenters. The van der Waals surface area contributed by atoms with Crippen molar-refractivity contribution in [2.75, 3.05) is 0 Å². The van der Waals surface area contributed by atoms with Gasteiger partial charge in [0.05, 0.1) is 13.2 Å². The van der Waals surface area contributed by atoms with Crippen molar-refractivity contribution in [3.8, 4) is 0 Å². The predicted molar refractivity (Wildman–Crippen MR) is 33.0 cm³/mol. The quantitative estimate of drug-likeness (QED) is 0.565. The van der Waals surface area contributed by atoms with Crippen molar-refractivity contribution in [2.24, 2.45) is 0 Å². The van der Waals surface area contributed by atoms with Crippen LogP contribution in [0.1, 0.15) is 17.0 Å². The number of hydrogen-bond acceptors (Lipinski definition) is 4. The number of aliphatic hydroxyl groups excluding tert-OH is 1. The average molecular weight is 140 g/mol. The molecule has 2 heterocycles. The molecular formula is C6H8N2O2. The van der Waals surface area contributed by atoms with E-state index < -0.39 is 0 Å². The van der Waals surface area contributed by atoms with Gasteiger partial charge in [0.15, 0.2) is 5.76 Å². The second-order valence-corrected chi connectivity index (χ2v) is 2.29. The molecule has 0 amide bonds. The normalized spacial score (nSPS) is 15.7. The molecule has 0 fully saturated rings. The Bertz CT molecular complexity index is 244. The fourth-order valence-corrected chi connectivity index (χ4v) is 1.15. The summed E-state index contributed by atoms with van der Waals surface area (Å²) in [6, 6.07) is 0. The summed E-state index contributed by atoms with van der Waals surface area (Å²) in [5, 5.41) is 15.5. The third kappa shape index (κ3) is 0.661. The Kier molecular flexibility index (Phi) is 1.22. The molecule has 1 aliphatic rings. The highest BCUT2D eigenvalue weighted by Gasteiger charge is 2.19. The van der Waals surface area contributed by atoms with Crippen molar-refractivity contribution in [1.29, 1.82) is 0 Å². The summed E-state index contributed by atoms with van der Waals surface area (Å²) >= 11 is 0. The van der Waals surface area contributed by atoms with Gasteiger partial charge in [0.1, 0.15) is 5.69 Å². The molecule has 0 aromatic carbocycles. The first-order valence-electron chi connectivity index (χ1n) is 3.19. The Morgan fingerprint density at radius 2 is 2.50 bits per heavy atom. The van der Waals surface area contributed by atoms with Crippen molar-refractivity contribution < 1.29 is 9.63 Å². The lowest BCUT2D eigenvalue weighted by Gasteiger charge is -1.89. The Morgan fingerprint density at radius 3 is 3.30 bits per heavy atom. The van der Waals surface area contributed by atoms with E-state index in [4.69, 9.17) is 9.63 Å². The van der Waals surface area contributed by atoms with Gasteiger partial charge in [-0.3, -0.25) is 0 Å². The van der Waals surface area contributed by atoms with Crippen LogP contribution in [0.15, 0.2) is 4.52 Å². The number of aliphatic hydroxyl groups is 1. The summed E-state index contributed by atoms with van der Waals surface area (Å²) in [5.41, 5.74) is 1.70. The van der Waals surface area contributed by atoms with Gasteiger partial charge in [0, 0.05) is 12.1 Å². The van der Waals surface area contributed by atoms with Crippen LogP contribution >= 0.6 is 0 Å². The second kappa shape index (κ2) is 2.07. The molecular weight excluding hydrogens is 132 g/mol. The summed E-state index contributed by atoms with van der Waals surface area (Å²) in [7, 11) is 0. The molecule has 0 aliphatic carbocycles. The van der Waals surface area contributed by atoms with E-state index in [1.807, 2.05) is 0 Å². The molecule has 1 aromatic heterocycles. The molecule has 0 saturated heterocycles. The third-order valence-corrected chi connectivity index (χ3v) is 1.69. The zero-order valence-corrected chi connectivity index (χ0v) is 5.42. The van der Waals surface area contributed by atoms with Crippen LogP contribution in [-0.2, 0) is 19.7 Å². The fraction of sp³-hybridized carbons (Fsp3) is 0.500. The molecule has 4 nitrogen and oxygen atoms in total. The van der Waals surface area contributed by atoms with Gasteiger partial charge in [-0.2, -0.15) is 0 Å². The molecule has 1 aromatic rings. The van der Waals surface area contributed by atoms with E-state index in [0.29, 0.717) is 5.69 Å². The third-order valence-electron chi connectivity index (χ3n) is 1.69. The predicted octanol–water partition coefficient (Wildman–Crippen LogP) is -0.230. The lowest BCUT2D eigenvalue weighted by atomic mass is 10.2. The first-order chi connectivity index (χ1) is 4.92. The zero-order valence-electron chi connectivity index (χ0n) is 5.42. The van der Waals surface area contributed by atoms with E-state index in [9.17, 15) is 0 Å². The molecule has 10 heavy (non-hydrogen) atoms. The fourth-order valence-electron chi connectivity index (χ4n) is 1.15. The van der Waals surface area contributed by atoms with Crippen LogP contribution in [-0.4, -0.2) is 10.3 Å². The smallest absolute Gasteiger partial charge is 0.155 e. The molecule has 4 heteroatoms. The van der Waals surface area contributed by atoms with Crippen molar-refractivity contribution in [1.82, 2.24) is 10.5 Å². The molecule has 0 spiro atoms. The van der Waals surface area contributed by atoms with Gasteiger partial charge in [-0.05, 0) is 0 Å². The van der Waals surface area contributed by atoms with Gasteiger partial charge >= 0.3 is 0 Å². The standard InChI is InChI=1S/C6H8N2O2/c9-3-5-4-1-7-2-6(4)10-8-5/h7,9H,1-3H2. The number of nitrogens with one attached hydrogen (secondary N) is 1. The van der Waals surface area contributed by atoms with Gasteiger partial charge in [0.25, 0.3) is 0 Å². The van der Waals surface area contributed by atoms with Gasteiger partial charge in [0.2, 0.25) is 0 Å². The highest BCUT2D eigenvalue weighted by atomic mass is 16.5. The zero-order chi connectivity index (χ0) is 6.97. The van der Waals surface area contributed by atoms with Gasteiger partial charge < -0.3 is 14.9 Å². The number of hydrogen-bond donors (Lipinski definition) is 2. The van der Waals surface area contributed by atoms with E-state index in [0.717, 1.165) is 24.4 Å². The van der Waals surface area contributed by atoms with Crippen molar-refractivity contribution in [3.63, 3.8) is 0 Å². The Morgan fingerprint density at radius 1 is 1.60 bits per heavy atom. The van der Waals surface area contributed by atoms with Gasteiger partial charge in [-0.15, -0.1) is 0 Å². The summed E-state index contributed by atoms with van der Waals surface area (Å²) < 4.78 is 4.93. The maximum Gasteiger partial charge on any atom is 0.155 e. The summed E-state index contributed by atoms with van der Waals surface area (Å²) in [6.07, 6.45) is 0. The van der Waals surface area contributed by atoms with Crippen LogP contribution in [0, 0.1) is 0 Å². The first-order valence-corrected chi connectivity index (χ1v) is 3.19. The summed E-state index contributed by atoms with van der Waals surface area (Å²) in [6.45, 7) is 1.48. The number of fused-ring (bicyclic) bond motifs is 1. The number of aromatic nitrogens is 1. The van der Waals surface area contributed by atoms with Crippen LogP contribution in [0.5, 0.6) is 0 Å². The van der Waals surface area contributed by atoms with Crippen molar-refractivity contribution in [3.05, 3.63) is 17.0 Å². The minimum absolute atomic E-state index is 0.0273. The molecule has 54 valence electrons. The van der Waals surface area contributed by atoms with Crippen LogP contribution in [0.25, 0.3) is 0 Å². The van der Waals surface area contributed by atoms with Gasteiger partial charge in [-0.1, -0.05) is 5.16 Å². The molecule has 0 saturated carbocycles. The lowest BCUT2D eigenvalue weighted by Crippen LogP contribution is -2.02. The maximum atomic E-state index is 8.74. The van der Waals surface area contributed by atoms with Crippen molar-refractivity contribution >= 4 is 0 Å². The molecule has 1 aliphatic heterocycles. The lowest BCUT2D eigenvalue weighted by molar-refractivity contribution is 0.263. The van der Waals surface area contributed by atoms with Crippen LogP contribution < -0.4 is 5.32 Å². The molecule has 2 N–H and O–H groups in total. The first kappa shape index (κ1) is 5.88. The Labute approximate surface area is 57.8 Å². The summed E-state index contributed by atoms with van der Waals surface area (Å²) in [4.78, 5) is 0. The number of nitrogens with zero attached hydrogens (tertiary/aromatic N) is 1. The molecule has 0 unspecified atom stereocenters. The van der Waals surface area contributed by atoms with E-state index in [1.54, 1.807) is 0 Å². The van der Waals surface area contributed by atoms with E-state index in [-0.39, 0.29) is 6.61 Å². The largest absolute Gasteiger partial charge is 0.390 e.